The molecule has 1 aromatic rings. The first-order valence-electron chi connectivity index (χ1n) is 4.94. The van der Waals surface area contributed by atoms with E-state index >= 15 is 0 Å². The Labute approximate surface area is 101 Å². The van der Waals surface area contributed by atoms with E-state index in [0.717, 1.165) is 12.1 Å². The Kier molecular flexibility index (Phi) is 4.50. The summed E-state index contributed by atoms with van der Waals surface area (Å²) < 4.78 is 53.1. The van der Waals surface area contributed by atoms with E-state index < -0.39 is 24.3 Å². The van der Waals surface area contributed by atoms with Crippen molar-refractivity contribution in [1.29, 1.82) is 5.26 Å². The zero-order valence-electron chi connectivity index (χ0n) is 9.12. The average Bonchev–Trinajstić information content (AvgIpc) is 2.29. The maximum atomic E-state index is 12.7. The number of nitrogens with two attached hydrogens (primary N) is 1. The van der Waals surface area contributed by atoms with Crippen molar-refractivity contribution >= 4 is 0 Å². The van der Waals surface area contributed by atoms with Gasteiger partial charge in [-0.3, -0.25) is 0 Å². The van der Waals surface area contributed by atoms with Crippen LogP contribution in [-0.2, 0) is 0 Å². The second-order valence-electron chi connectivity index (χ2n) is 3.51. The summed E-state index contributed by atoms with van der Waals surface area (Å²) in [6, 6.07) is 6.19. The van der Waals surface area contributed by atoms with E-state index in [1.54, 1.807) is 0 Å². The van der Waals surface area contributed by atoms with Crippen molar-refractivity contribution in [2.45, 2.75) is 25.0 Å². The van der Waals surface area contributed by atoms with E-state index in [9.17, 15) is 17.6 Å². The quantitative estimate of drug-likeness (QED) is 0.830. The molecule has 0 fully saturated rings. The average molecular weight is 262 g/mol. The van der Waals surface area contributed by atoms with Crippen LogP contribution in [0.4, 0.5) is 17.6 Å². The molecule has 2 N–H and O–H groups in total. The lowest BCUT2D eigenvalue weighted by Gasteiger charge is -2.18. The highest BCUT2D eigenvalue weighted by Gasteiger charge is 2.43. The van der Waals surface area contributed by atoms with Crippen LogP contribution in [0, 0.1) is 11.3 Å². The van der Waals surface area contributed by atoms with Crippen molar-refractivity contribution in [3.05, 3.63) is 29.8 Å². The Morgan fingerprint density at radius 2 is 2.06 bits per heavy atom. The minimum atomic E-state index is -4.56. The number of ether oxygens (including phenoxy) is 1. The highest BCUT2D eigenvalue weighted by atomic mass is 19.3. The van der Waals surface area contributed by atoms with Gasteiger partial charge in [-0.05, 0) is 17.7 Å². The van der Waals surface area contributed by atoms with Gasteiger partial charge in [0.05, 0.1) is 12.5 Å². The molecule has 1 rings (SSSR count). The summed E-state index contributed by atoms with van der Waals surface area (Å²) >= 11 is 0. The van der Waals surface area contributed by atoms with Crippen LogP contribution in [0.25, 0.3) is 0 Å². The molecule has 0 aromatic heterocycles. The topological polar surface area (TPSA) is 59.0 Å². The van der Waals surface area contributed by atoms with Crippen LogP contribution in [0.5, 0.6) is 5.75 Å². The summed E-state index contributed by atoms with van der Waals surface area (Å²) in [5.74, 6) is -0.425. The SMILES string of the molecule is N#CC[C@@H](N)c1cccc(OC(F)(F)C(F)F)c1. The largest absolute Gasteiger partial charge is 0.461 e. The highest BCUT2D eigenvalue weighted by Crippen LogP contribution is 2.29. The molecule has 0 unspecified atom stereocenters. The van der Waals surface area contributed by atoms with Crippen molar-refractivity contribution in [2.24, 2.45) is 5.73 Å². The molecule has 0 heterocycles. The highest BCUT2D eigenvalue weighted by molar-refractivity contribution is 5.31. The molecule has 0 amide bonds. The van der Waals surface area contributed by atoms with E-state index in [1.807, 2.05) is 6.07 Å². The summed E-state index contributed by atoms with van der Waals surface area (Å²) in [6.07, 6.45) is -8.50. The summed E-state index contributed by atoms with van der Waals surface area (Å²) in [5, 5.41) is 8.45. The van der Waals surface area contributed by atoms with Crippen molar-refractivity contribution in [3.8, 4) is 11.8 Å². The fourth-order valence-electron chi connectivity index (χ4n) is 1.23. The molecule has 18 heavy (non-hydrogen) atoms. The second-order valence-corrected chi connectivity index (χ2v) is 3.51. The number of nitriles is 1. The van der Waals surface area contributed by atoms with Gasteiger partial charge in [-0.1, -0.05) is 12.1 Å². The summed E-state index contributed by atoms with van der Waals surface area (Å²) in [4.78, 5) is 0. The van der Waals surface area contributed by atoms with Crippen LogP contribution >= 0.6 is 0 Å². The fraction of sp³-hybridized carbons (Fsp3) is 0.364. The first-order chi connectivity index (χ1) is 8.36. The third-order valence-electron chi connectivity index (χ3n) is 2.11. The predicted molar refractivity (Wildman–Crippen MR) is 55.2 cm³/mol. The van der Waals surface area contributed by atoms with Crippen molar-refractivity contribution in [3.63, 3.8) is 0 Å². The van der Waals surface area contributed by atoms with Gasteiger partial charge in [-0.2, -0.15) is 22.8 Å². The Morgan fingerprint density at radius 1 is 1.39 bits per heavy atom. The lowest BCUT2D eigenvalue weighted by atomic mass is 10.1. The number of nitrogens with zero attached hydrogens (tertiary/aromatic N) is 1. The summed E-state index contributed by atoms with van der Waals surface area (Å²) in [7, 11) is 0. The molecule has 0 spiro atoms. The molecule has 0 radical (unpaired) electrons. The zero-order chi connectivity index (χ0) is 13.8. The van der Waals surface area contributed by atoms with Gasteiger partial charge in [-0.25, -0.2) is 0 Å². The number of hydrogen-bond donors (Lipinski definition) is 1. The van der Waals surface area contributed by atoms with Crippen LogP contribution in [-0.4, -0.2) is 12.5 Å². The van der Waals surface area contributed by atoms with E-state index in [2.05, 4.69) is 4.74 Å². The van der Waals surface area contributed by atoms with Crippen LogP contribution in [0.2, 0.25) is 0 Å². The summed E-state index contributed by atoms with van der Waals surface area (Å²) in [5.41, 5.74) is 5.94. The molecule has 1 aromatic carbocycles. The fourth-order valence-corrected chi connectivity index (χ4v) is 1.23. The lowest BCUT2D eigenvalue weighted by molar-refractivity contribution is -0.253. The monoisotopic (exact) mass is 262 g/mol. The van der Waals surface area contributed by atoms with Crippen LogP contribution < -0.4 is 10.5 Å². The van der Waals surface area contributed by atoms with Gasteiger partial charge < -0.3 is 10.5 Å². The van der Waals surface area contributed by atoms with Gasteiger partial charge in [0, 0.05) is 6.04 Å². The number of benzene rings is 1. The number of hydrogen-bond acceptors (Lipinski definition) is 3. The zero-order valence-corrected chi connectivity index (χ0v) is 9.12. The number of alkyl halides is 4. The third kappa shape index (κ3) is 3.60. The number of rotatable bonds is 5. The van der Waals surface area contributed by atoms with E-state index in [-0.39, 0.29) is 6.42 Å². The molecule has 1 atom stereocenters. The molecule has 7 heteroatoms. The van der Waals surface area contributed by atoms with Crippen LogP contribution in [0.1, 0.15) is 18.0 Å². The molecule has 0 bridgehead atoms. The molecular formula is C11H10F4N2O. The van der Waals surface area contributed by atoms with E-state index in [0.29, 0.717) is 5.56 Å². The Morgan fingerprint density at radius 3 is 2.61 bits per heavy atom. The minimum absolute atomic E-state index is 0.0192. The lowest BCUT2D eigenvalue weighted by Crippen LogP contribution is -2.33. The van der Waals surface area contributed by atoms with Crippen molar-refractivity contribution in [2.75, 3.05) is 0 Å². The first-order valence-corrected chi connectivity index (χ1v) is 4.94. The van der Waals surface area contributed by atoms with Crippen LogP contribution in [0.15, 0.2) is 24.3 Å². The molecule has 0 aliphatic heterocycles. The Hall–Kier alpha value is -1.81. The van der Waals surface area contributed by atoms with Gasteiger partial charge in [-0.15, -0.1) is 0 Å². The molecule has 3 nitrogen and oxygen atoms in total. The van der Waals surface area contributed by atoms with E-state index in [1.165, 1.54) is 12.1 Å². The Bertz CT molecular complexity index is 445. The normalized spacial score (nSPS) is 13.2. The standard InChI is InChI=1S/C11H10F4N2O/c12-10(13)11(14,15)18-8-3-1-2-7(6-8)9(17)4-5-16/h1-3,6,9-10H,4,17H2/t9-/m1/s1. The van der Waals surface area contributed by atoms with Gasteiger partial charge in [0.1, 0.15) is 5.75 Å². The molecule has 0 saturated carbocycles. The van der Waals surface area contributed by atoms with E-state index in [4.69, 9.17) is 11.0 Å². The Balaban J connectivity index is 2.86. The number of halogens is 4. The van der Waals surface area contributed by atoms with Gasteiger partial charge >= 0.3 is 12.5 Å². The van der Waals surface area contributed by atoms with Gasteiger partial charge in [0.25, 0.3) is 0 Å². The van der Waals surface area contributed by atoms with Crippen molar-refractivity contribution < 1.29 is 22.3 Å². The van der Waals surface area contributed by atoms with Crippen molar-refractivity contribution in [1.82, 2.24) is 0 Å². The smallest absolute Gasteiger partial charge is 0.428 e. The van der Waals surface area contributed by atoms with Gasteiger partial charge in [0.15, 0.2) is 0 Å². The predicted octanol–water partition coefficient (Wildman–Crippen LogP) is 2.84. The maximum Gasteiger partial charge on any atom is 0.461 e. The molecular weight excluding hydrogens is 252 g/mol. The maximum absolute atomic E-state index is 12.7. The minimum Gasteiger partial charge on any atom is -0.428 e. The molecule has 0 aliphatic rings. The first kappa shape index (κ1) is 14.3. The third-order valence-corrected chi connectivity index (χ3v) is 2.11. The second kappa shape index (κ2) is 5.69. The van der Waals surface area contributed by atoms with Crippen LogP contribution in [0.3, 0.4) is 0 Å². The molecule has 0 saturated heterocycles. The molecule has 98 valence electrons. The van der Waals surface area contributed by atoms with Gasteiger partial charge in [0.2, 0.25) is 0 Å². The summed E-state index contributed by atoms with van der Waals surface area (Å²) in [6.45, 7) is 0. The molecule has 0 aliphatic carbocycles.